The molecule has 0 N–H and O–H groups in total. The highest BCUT2D eigenvalue weighted by Crippen LogP contribution is 2.30. The summed E-state index contributed by atoms with van der Waals surface area (Å²) in [4.78, 5) is 0. The Morgan fingerprint density at radius 1 is 0.875 bits per heavy atom. The Labute approximate surface area is 97.2 Å². The minimum atomic E-state index is 0.0772. The van der Waals surface area contributed by atoms with Crippen LogP contribution in [0.4, 0.5) is 0 Å². The van der Waals surface area contributed by atoms with E-state index in [-0.39, 0.29) is 24.4 Å². The predicted molar refractivity (Wildman–Crippen MR) is 59.5 cm³/mol. The molecule has 0 aromatic carbocycles. The van der Waals surface area contributed by atoms with E-state index in [2.05, 4.69) is 13.8 Å². The lowest BCUT2D eigenvalue weighted by Crippen LogP contribution is -2.34. The van der Waals surface area contributed by atoms with Crippen molar-refractivity contribution in [3.8, 4) is 0 Å². The van der Waals surface area contributed by atoms with Crippen molar-refractivity contribution in [3.05, 3.63) is 0 Å². The van der Waals surface area contributed by atoms with Crippen molar-refractivity contribution in [1.29, 1.82) is 0 Å². The molecule has 4 nitrogen and oxygen atoms in total. The average molecular weight is 230 g/mol. The van der Waals surface area contributed by atoms with E-state index in [9.17, 15) is 0 Å². The summed E-state index contributed by atoms with van der Waals surface area (Å²) in [5, 5.41) is 0. The van der Waals surface area contributed by atoms with Gasteiger partial charge in [0.25, 0.3) is 0 Å². The zero-order valence-electron chi connectivity index (χ0n) is 10.2. The van der Waals surface area contributed by atoms with Gasteiger partial charge in [-0.3, -0.25) is 0 Å². The Morgan fingerprint density at radius 3 is 1.69 bits per heavy atom. The first kappa shape index (κ1) is 12.3. The molecule has 2 aliphatic rings. The molecule has 2 fully saturated rings. The molecular formula is C12H22O4. The quantitative estimate of drug-likeness (QED) is 0.690. The first-order chi connectivity index (χ1) is 7.86. The number of hydrogen-bond donors (Lipinski definition) is 0. The van der Waals surface area contributed by atoms with Gasteiger partial charge >= 0.3 is 0 Å². The van der Waals surface area contributed by atoms with Crippen LogP contribution in [0.25, 0.3) is 0 Å². The first-order valence-corrected chi connectivity index (χ1v) is 6.33. The van der Waals surface area contributed by atoms with E-state index < -0.39 is 0 Å². The molecule has 4 atom stereocenters. The summed E-state index contributed by atoms with van der Waals surface area (Å²) >= 11 is 0. The summed E-state index contributed by atoms with van der Waals surface area (Å²) in [7, 11) is 0. The fraction of sp³-hybridized carbons (Fsp3) is 1.00. The van der Waals surface area contributed by atoms with Gasteiger partial charge in [-0.25, -0.2) is 0 Å². The molecule has 0 aliphatic carbocycles. The highest BCUT2D eigenvalue weighted by Gasteiger charge is 2.48. The summed E-state index contributed by atoms with van der Waals surface area (Å²) in [6.07, 6.45) is 2.41. The molecule has 0 aromatic rings. The number of rotatable bonds is 6. The SMILES string of the molecule is CCCO[C@H]1CO[C@H]2[C@@H]1OC[C@H]2OCCC. The summed E-state index contributed by atoms with van der Waals surface area (Å²) in [5.74, 6) is 0. The molecule has 0 bridgehead atoms. The van der Waals surface area contributed by atoms with Crippen molar-refractivity contribution in [2.45, 2.75) is 51.1 Å². The van der Waals surface area contributed by atoms with E-state index in [1.54, 1.807) is 0 Å². The lowest BCUT2D eigenvalue weighted by atomic mass is 10.1. The Kier molecular flexibility index (Phi) is 4.58. The summed E-state index contributed by atoms with van der Waals surface area (Å²) in [5.41, 5.74) is 0. The van der Waals surface area contributed by atoms with Gasteiger partial charge in [0.2, 0.25) is 0 Å². The first-order valence-electron chi connectivity index (χ1n) is 6.33. The van der Waals surface area contributed by atoms with Crippen LogP contribution in [-0.2, 0) is 18.9 Å². The summed E-state index contributed by atoms with van der Waals surface area (Å²) in [6.45, 7) is 7.05. The maximum absolute atomic E-state index is 5.72. The average Bonchev–Trinajstić information content (AvgIpc) is 2.86. The highest BCUT2D eigenvalue weighted by atomic mass is 16.6. The lowest BCUT2D eigenvalue weighted by molar-refractivity contribution is -0.0499. The van der Waals surface area contributed by atoms with Gasteiger partial charge in [0.05, 0.1) is 13.2 Å². The standard InChI is InChI=1S/C12H22O4/c1-3-5-13-9-7-15-12-10(14-6-4-2)8-16-11(9)12/h9-12H,3-8H2,1-2H3/t9-,10+,11-,12-/m1/s1. The van der Waals surface area contributed by atoms with Gasteiger partial charge in [-0.2, -0.15) is 0 Å². The molecule has 2 aliphatic heterocycles. The number of hydrogen-bond acceptors (Lipinski definition) is 4. The van der Waals surface area contributed by atoms with Crippen LogP contribution in [0.3, 0.4) is 0 Å². The van der Waals surface area contributed by atoms with Crippen molar-refractivity contribution in [2.75, 3.05) is 26.4 Å². The Bertz CT molecular complexity index is 187. The third-order valence-corrected chi connectivity index (χ3v) is 3.03. The van der Waals surface area contributed by atoms with Crippen LogP contribution in [0, 0.1) is 0 Å². The van der Waals surface area contributed by atoms with Crippen LogP contribution < -0.4 is 0 Å². The largest absolute Gasteiger partial charge is 0.373 e. The van der Waals surface area contributed by atoms with Crippen LogP contribution in [-0.4, -0.2) is 50.8 Å². The van der Waals surface area contributed by atoms with Crippen molar-refractivity contribution in [2.24, 2.45) is 0 Å². The number of ether oxygens (including phenoxy) is 4. The van der Waals surface area contributed by atoms with E-state index in [1.807, 2.05) is 0 Å². The van der Waals surface area contributed by atoms with Crippen LogP contribution >= 0.6 is 0 Å². The molecule has 0 saturated carbocycles. The van der Waals surface area contributed by atoms with Crippen molar-refractivity contribution in [1.82, 2.24) is 0 Å². The normalized spacial score (nSPS) is 37.9. The topological polar surface area (TPSA) is 36.9 Å². The van der Waals surface area contributed by atoms with Crippen molar-refractivity contribution in [3.63, 3.8) is 0 Å². The molecule has 4 heteroatoms. The third-order valence-electron chi connectivity index (χ3n) is 3.03. The van der Waals surface area contributed by atoms with Crippen molar-refractivity contribution >= 4 is 0 Å². The molecule has 2 heterocycles. The van der Waals surface area contributed by atoms with Crippen LogP contribution in [0.2, 0.25) is 0 Å². The second kappa shape index (κ2) is 5.96. The van der Waals surface area contributed by atoms with Gasteiger partial charge in [0.1, 0.15) is 24.4 Å². The van der Waals surface area contributed by atoms with Crippen LogP contribution in [0.15, 0.2) is 0 Å². The summed E-state index contributed by atoms with van der Waals surface area (Å²) < 4.78 is 22.9. The van der Waals surface area contributed by atoms with Crippen molar-refractivity contribution < 1.29 is 18.9 Å². The molecule has 0 aromatic heterocycles. The smallest absolute Gasteiger partial charge is 0.115 e. The molecule has 16 heavy (non-hydrogen) atoms. The van der Waals surface area contributed by atoms with E-state index in [0.717, 1.165) is 26.1 Å². The predicted octanol–water partition coefficient (Wildman–Crippen LogP) is 1.37. The Hall–Kier alpha value is -0.160. The molecule has 2 saturated heterocycles. The van der Waals surface area contributed by atoms with E-state index in [1.165, 1.54) is 0 Å². The molecule has 94 valence electrons. The van der Waals surface area contributed by atoms with E-state index in [0.29, 0.717) is 13.2 Å². The van der Waals surface area contributed by atoms with Gasteiger partial charge in [-0.1, -0.05) is 13.8 Å². The molecular weight excluding hydrogens is 208 g/mol. The van der Waals surface area contributed by atoms with E-state index >= 15 is 0 Å². The molecule has 2 rings (SSSR count). The summed E-state index contributed by atoms with van der Waals surface area (Å²) in [6, 6.07) is 0. The highest BCUT2D eigenvalue weighted by molar-refractivity contribution is 4.95. The van der Waals surface area contributed by atoms with Gasteiger partial charge in [-0.15, -0.1) is 0 Å². The lowest BCUT2D eigenvalue weighted by Gasteiger charge is -2.17. The van der Waals surface area contributed by atoms with E-state index in [4.69, 9.17) is 18.9 Å². The number of fused-ring (bicyclic) bond motifs is 1. The zero-order valence-corrected chi connectivity index (χ0v) is 10.2. The molecule has 0 unspecified atom stereocenters. The van der Waals surface area contributed by atoms with Gasteiger partial charge in [-0.05, 0) is 12.8 Å². The second-order valence-corrected chi connectivity index (χ2v) is 4.41. The second-order valence-electron chi connectivity index (χ2n) is 4.41. The molecule has 0 amide bonds. The van der Waals surface area contributed by atoms with Crippen LogP contribution in [0.5, 0.6) is 0 Å². The third kappa shape index (κ3) is 2.56. The maximum atomic E-state index is 5.72. The van der Waals surface area contributed by atoms with Gasteiger partial charge in [0.15, 0.2) is 0 Å². The minimum absolute atomic E-state index is 0.0772. The Balaban J connectivity index is 1.80. The van der Waals surface area contributed by atoms with Crippen LogP contribution in [0.1, 0.15) is 26.7 Å². The minimum Gasteiger partial charge on any atom is -0.373 e. The molecule has 0 spiro atoms. The van der Waals surface area contributed by atoms with Gasteiger partial charge in [0, 0.05) is 13.2 Å². The fourth-order valence-electron chi connectivity index (χ4n) is 2.25. The molecule has 0 radical (unpaired) electrons. The fourth-order valence-corrected chi connectivity index (χ4v) is 2.25. The maximum Gasteiger partial charge on any atom is 0.115 e. The monoisotopic (exact) mass is 230 g/mol. The zero-order chi connectivity index (χ0) is 11.4. The Morgan fingerprint density at radius 2 is 1.31 bits per heavy atom. The van der Waals surface area contributed by atoms with Gasteiger partial charge < -0.3 is 18.9 Å².